The Bertz CT molecular complexity index is 410. The largest absolute Gasteiger partial charge is 0.294 e. The van der Waals surface area contributed by atoms with Crippen LogP contribution in [0.2, 0.25) is 0 Å². The predicted molar refractivity (Wildman–Crippen MR) is 77.9 cm³/mol. The standard InChI is InChI=1S/C13H14OS.C2H6/c1-4-6-11(5-2)7-13-8-12(9-15-13)10(3)14;1-2/h4-6,8-9H,1-2,7H2,3H3;1-2H3/b11-6+;. The smallest absolute Gasteiger partial charge is 0.160 e. The summed E-state index contributed by atoms with van der Waals surface area (Å²) in [6, 6.07) is 1.94. The molecule has 0 aliphatic carbocycles. The lowest BCUT2D eigenvalue weighted by Gasteiger charge is -1.96. The molecule has 0 aliphatic rings. The summed E-state index contributed by atoms with van der Waals surface area (Å²) >= 11 is 1.60. The molecule has 0 radical (unpaired) electrons. The number of rotatable bonds is 5. The number of hydrogen-bond acceptors (Lipinski definition) is 2. The number of carbonyl (C=O) groups excluding carboxylic acids is 1. The molecule has 0 unspecified atom stereocenters. The van der Waals surface area contributed by atoms with Crippen molar-refractivity contribution < 1.29 is 4.79 Å². The summed E-state index contributed by atoms with van der Waals surface area (Å²) in [7, 11) is 0. The number of hydrogen-bond donors (Lipinski definition) is 0. The van der Waals surface area contributed by atoms with E-state index in [1.54, 1.807) is 24.3 Å². The SMILES string of the molecule is C=C/C=C(\C=C)Cc1cc(C(C)=O)cs1.CC. The summed E-state index contributed by atoms with van der Waals surface area (Å²) in [6.45, 7) is 13.0. The van der Waals surface area contributed by atoms with Crippen LogP contribution < -0.4 is 0 Å². The molecule has 0 bridgehead atoms. The number of carbonyl (C=O) groups is 1. The first-order chi connectivity index (χ1) is 8.17. The van der Waals surface area contributed by atoms with Gasteiger partial charge in [-0.25, -0.2) is 0 Å². The van der Waals surface area contributed by atoms with Crippen molar-refractivity contribution in [2.75, 3.05) is 0 Å². The van der Waals surface area contributed by atoms with Gasteiger partial charge in [-0.2, -0.15) is 0 Å². The van der Waals surface area contributed by atoms with Crippen molar-refractivity contribution in [3.8, 4) is 0 Å². The molecular weight excluding hydrogens is 228 g/mol. The van der Waals surface area contributed by atoms with Gasteiger partial charge in [0, 0.05) is 22.2 Å². The van der Waals surface area contributed by atoms with E-state index in [-0.39, 0.29) is 5.78 Å². The molecule has 0 saturated heterocycles. The van der Waals surface area contributed by atoms with E-state index < -0.39 is 0 Å². The second-order valence-corrected chi connectivity index (χ2v) is 4.21. The Morgan fingerprint density at radius 1 is 1.41 bits per heavy atom. The maximum atomic E-state index is 11.1. The van der Waals surface area contributed by atoms with E-state index in [1.165, 1.54) is 4.88 Å². The second kappa shape index (κ2) is 8.71. The van der Waals surface area contributed by atoms with Gasteiger partial charge >= 0.3 is 0 Å². The molecule has 1 rings (SSSR count). The van der Waals surface area contributed by atoms with E-state index in [1.807, 2.05) is 37.4 Å². The third kappa shape index (κ3) is 5.45. The van der Waals surface area contributed by atoms with Gasteiger partial charge in [-0.1, -0.05) is 45.2 Å². The zero-order valence-corrected chi connectivity index (χ0v) is 11.6. The van der Waals surface area contributed by atoms with Crippen LogP contribution in [0.1, 0.15) is 36.0 Å². The highest BCUT2D eigenvalue weighted by atomic mass is 32.1. The summed E-state index contributed by atoms with van der Waals surface area (Å²) in [4.78, 5) is 12.3. The van der Waals surface area contributed by atoms with Crippen molar-refractivity contribution in [2.24, 2.45) is 0 Å². The maximum absolute atomic E-state index is 11.1. The quantitative estimate of drug-likeness (QED) is 0.539. The molecular formula is C15H20OS. The zero-order chi connectivity index (χ0) is 13.3. The highest BCUT2D eigenvalue weighted by Gasteiger charge is 2.04. The highest BCUT2D eigenvalue weighted by molar-refractivity contribution is 7.10. The number of thiophene rings is 1. The van der Waals surface area contributed by atoms with Crippen LogP contribution in [0.5, 0.6) is 0 Å². The molecule has 0 fully saturated rings. The molecule has 1 aromatic rings. The fraction of sp³-hybridized carbons (Fsp3) is 0.267. The maximum Gasteiger partial charge on any atom is 0.160 e. The monoisotopic (exact) mass is 248 g/mol. The third-order valence-corrected chi connectivity index (χ3v) is 2.97. The van der Waals surface area contributed by atoms with Crippen molar-refractivity contribution in [1.82, 2.24) is 0 Å². The van der Waals surface area contributed by atoms with Crippen LogP contribution in [-0.4, -0.2) is 5.78 Å². The number of allylic oxidation sites excluding steroid dienone is 4. The van der Waals surface area contributed by atoms with Crippen LogP contribution in [0.15, 0.2) is 48.4 Å². The highest BCUT2D eigenvalue weighted by Crippen LogP contribution is 2.19. The van der Waals surface area contributed by atoms with Gasteiger partial charge in [-0.05, 0) is 18.6 Å². The van der Waals surface area contributed by atoms with E-state index in [4.69, 9.17) is 0 Å². The molecule has 1 nitrogen and oxygen atoms in total. The third-order valence-electron chi connectivity index (χ3n) is 2.03. The molecule has 0 aromatic carbocycles. The van der Waals surface area contributed by atoms with E-state index >= 15 is 0 Å². The Hall–Kier alpha value is -1.41. The van der Waals surface area contributed by atoms with Crippen LogP contribution in [0.4, 0.5) is 0 Å². The second-order valence-electron chi connectivity index (χ2n) is 3.22. The predicted octanol–water partition coefficient (Wildman–Crippen LogP) is 4.82. The first-order valence-electron chi connectivity index (χ1n) is 5.69. The molecule has 17 heavy (non-hydrogen) atoms. The van der Waals surface area contributed by atoms with E-state index in [9.17, 15) is 4.79 Å². The first kappa shape index (κ1) is 15.6. The van der Waals surface area contributed by atoms with Crippen LogP contribution in [-0.2, 0) is 6.42 Å². The van der Waals surface area contributed by atoms with Crippen LogP contribution in [0.3, 0.4) is 0 Å². The summed E-state index contributed by atoms with van der Waals surface area (Å²) in [6.07, 6.45) is 6.30. The Kier molecular flexibility index (Phi) is 7.99. The number of Topliss-reactive ketones (excluding diaryl/α,β-unsaturated/α-hetero) is 1. The van der Waals surface area contributed by atoms with Crippen molar-refractivity contribution in [1.29, 1.82) is 0 Å². The lowest BCUT2D eigenvalue weighted by Crippen LogP contribution is -1.88. The van der Waals surface area contributed by atoms with Gasteiger partial charge in [0.15, 0.2) is 5.78 Å². The first-order valence-corrected chi connectivity index (χ1v) is 6.57. The van der Waals surface area contributed by atoms with Gasteiger partial charge in [0.05, 0.1) is 0 Å². The molecule has 1 heterocycles. The van der Waals surface area contributed by atoms with Gasteiger partial charge < -0.3 is 0 Å². The average molecular weight is 248 g/mol. The van der Waals surface area contributed by atoms with Crippen molar-refractivity contribution in [3.05, 3.63) is 58.8 Å². The van der Waals surface area contributed by atoms with Crippen molar-refractivity contribution in [2.45, 2.75) is 27.2 Å². The van der Waals surface area contributed by atoms with Gasteiger partial charge in [-0.3, -0.25) is 4.79 Å². The summed E-state index contributed by atoms with van der Waals surface area (Å²) in [5.74, 6) is 0.116. The number of ketones is 1. The van der Waals surface area contributed by atoms with Gasteiger partial charge in [-0.15, -0.1) is 11.3 Å². The van der Waals surface area contributed by atoms with E-state index in [0.29, 0.717) is 0 Å². The Labute approximate surface area is 108 Å². The fourth-order valence-corrected chi connectivity index (χ4v) is 2.17. The normalized spacial score (nSPS) is 10.2. The molecule has 0 amide bonds. The van der Waals surface area contributed by atoms with Crippen molar-refractivity contribution in [3.63, 3.8) is 0 Å². The van der Waals surface area contributed by atoms with Crippen molar-refractivity contribution >= 4 is 17.1 Å². The molecule has 2 heteroatoms. The molecule has 0 N–H and O–H groups in total. The van der Waals surface area contributed by atoms with E-state index in [2.05, 4.69) is 13.2 Å². The molecule has 0 saturated carbocycles. The van der Waals surface area contributed by atoms with Crippen LogP contribution >= 0.6 is 11.3 Å². The molecule has 0 atom stereocenters. The molecule has 92 valence electrons. The van der Waals surface area contributed by atoms with E-state index in [0.717, 1.165) is 17.6 Å². The topological polar surface area (TPSA) is 17.1 Å². The Balaban J connectivity index is 0.00000121. The Morgan fingerprint density at radius 3 is 2.47 bits per heavy atom. The summed E-state index contributed by atoms with van der Waals surface area (Å²) in [5, 5.41) is 1.90. The van der Waals surface area contributed by atoms with Gasteiger partial charge in [0.1, 0.15) is 0 Å². The molecule has 0 spiro atoms. The van der Waals surface area contributed by atoms with Crippen LogP contribution in [0.25, 0.3) is 0 Å². The van der Waals surface area contributed by atoms with Gasteiger partial charge in [0.25, 0.3) is 0 Å². The minimum atomic E-state index is 0.116. The minimum absolute atomic E-state index is 0.116. The fourth-order valence-electron chi connectivity index (χ4n) is 1.21. The Morgan fingerprint density at radius 2 is 2.06 bits per heavy atom. The molecule has 1 aromatic heterocycles. The van der Waals surface area contributed by atoms with Gasteiger partial charge in [0.2, 0.25) is 0 Å². The zero-order valence-electron chi connectivity index (χ0n) is 10.8. The average Bonchev–Trinajstić information content (AvgIpc) is 2.80. The molecule has 0 aliphatic heterocycles. The lowest BCUT2D eigenvalue weighted by atomic mass is 10.1. The minimum Gasteiger partial charge on any atom is -0.294 e. The van der Waals surface area contributed by atoms with Crippen LogP contribution in [0, 0.1) is 0 Å². The summed E-state index contributed by atoms with van der Waals surface area (Å²) in [5.41, 5.74) is 1.90. The summed E-state index contributed by atoms with van der Waals surface area (Å²) < 4.78 is 0. The lowest BCUT2D eigenvalue weighted by molar-refractivity contribution is 0.101.